The Morgan fingerprint density at radius 2 is 1.92 bits per heavy atom. The molecule has 0 N–H and O–H groups in total. The molecular weight excluding hydrogens is 364 g/mol. The van der Waals surface area contributed by atoms with Gasteiger partial charge in [0.25, 0.3) is 5.91 Å². The quantitative estimate of drug-likeness (QED) is 0.801. The molecule has 0 bridgehead atoms. The number of aryl methyl sites for hydroxylation is 1. The molecule has 0 unspecified atom stereocenters. The second-order valence-electron chi connectivity index (χ2n) is 6.59. The summed E-state index contributed by atoms with van der Waals surface area (Å²) in [6.07, 6.45) is 1.60. The summed E-state index contributed by atoms with van der Waals surface area (Å²) < 4.78 is 1.01. The van der Waals surface area contributed by atoms with Crippen molar-refractivity contribution >= 4 is 40.5 Å². The number of thioether (sulfide) groups is 1. The second kappa shape index (κ2) is 7.45. The van der Waals surface area contributed by atoms with Crippen LogP contribution in [0.15, 0.2) is 34.5 Å². The number of carbonyl (C=O) groups is 2. The fourth-order valence-corrected chi connectivity index (χ4v) is 6.01. The van der Waals surface area contributed by atoms with Gasteiger partial charge in [-0.2, -0.15) is 0 Å². The van der Waals surface area contributed by atoms with Gasteiger partial charge >= 0.3 is 0 Å². The van der Waals surface area contributed by atoms with Crippen LogP contribution >= 0.6 is 23.1 Å². The summed E-state index contributed by atoms with van der Waals surface area (Å²) in [6, 6.07) is 10.3. The van der Waals surface area contributed by atoms with Crippen molar-refractivity contribution in [3.8, 4) is 0 Å². The largest absolute Gasteiger partial charge is 0.368 e. The Kier molecular flexibility index (Phi) is 5.05. The predicted octanol–water partition coefficient (Wildman–Crippen LogP) is 3.95. The maximum absolute atomic E-state index is 12.9. The van der Waals surface area contributed by atoms with Crippen molar-refractivity contribution in [1.29, 1.82) is 0 Å². The number of fused-ring (bicyclic) bond motifs is 1. The molecule has 3 heterocycles. The van der Waals surface area contributed by atoms with Crippen LogP contribution in [0.4, 0.5) is 5.69 Å². The first-order valence-corrected chi connectivity index (χ1v) is 10.9. The van der Waals surface area contributed by atoms with E-state index in [-0.39, 0.29) is 11.7 Å². The van der Waals surface area contributed by atoms with Crippen LogP contribution in [-0.4, -0.2) is 48.5 Å². The molecule has 0 atom stereocenters. The molecule has 1 fully saturated rings. The monoisotopic (exact) mass is 386 g/mol. The third-order valence-corrected chi connectivity index (χ3v) is 7.46. The van der Waals surface area contributed by atoms with Gasteiger partial charge in [0.05, 0.1) is 9.09 Å². The van der Waals surface area contributed by atoms with Crippen LogP contribution < -0.4 is 4.90 Å². The van der Waals surface area contributed by atoms with Gasteiger partial charge in [-0.05, 0) is 24.1 Å². The molecule has 136 valence electrons. The van der Waals surface area contributed by atoms with E-state index < -0.39 is 0 Å². The lowest BCUT2D eigenvalue weighted by Crippen LogP contribution is -2.48. The lowest BCUT2D eigenvalue weighted by Gasteiger charge is -2.36. The van der Waals surface area contributed by atoms with E-state index in [4.69, 9.17) is 0 Å². The maximum atomic E-state index is 12.9. The Bertz CT molecular complexity index is 838. The molecule has 26 heavy (non-hydrogen) atoms. The molecule has 2 aromatic rings. The Balaban J connectivity index is 1.45. The van der Waals surface area contributed by atoms with Gasteiger partial charge in [0, 0.05) is 49.6 Å². The SMILES string of the molecule is CCc1ccccc1N1CCN(C(=O)c2cc3c(s2)SCCC3=O)CC1. The van der Waals surface area contributed by atoms with Crippen molar-refractivity contribution < 1.29 is 9.59 Å². The van der Waals surface area contributed by atoms with Gasteiger partial charge in [0.1, 0.15) is 0 Å². The highest BCUT2D eigenvalue weighted by Crippen LogP contribution is 2.37. The minimum atomic E-state index is 0.0706. The molecule has 6 heteroatoms. The van der Waals surface area contributed by atoms with Gasteiger partial charge in [-0.1, -0.05) is 25.1 Å². The van der Waals surface area contributed by atoms with E-state index in [1.54, 1.807) is 11.8 Å². The Labute approximate surface area is 162 Å². The van der Waals surface area contributed by atoms with Crippen LogP contribution in [0.3, 0.4) is 0 Å². The first-order chi connectivity index (χ1) is 12.7. The fraction of sp³-hybridized carbons (Fsp3) is 0.400. The van der Waals surface area contributed by atoms with Crippen molar-refractivity contribution in [2.45, 2.75) is 24.0 Å². The molecular formula is C20H22N2O2S2. The predicted molar refractivity (Wildman–Crippen MR) is 108 cm³/mol. The Morgan fingerprint density at radius 1 is 1.15 bits per heavy atom. The van der Waals surface area contributed by atoms with Crippen LogP contribution in [-0.2, 0) is 6.42 Å². The van der Waals surface area contributed by atoms with Crippen LogP contribution in [0.5, 0.6) is 0 Å². The van der Waals surface area contributed by atoms with E-state index in [1.165, 1.54) is 22.6 Å². The molecule has 0 spiro atoms. The fourth-order valence-electron chi connectivity index (χ4n) is 3.58. The number of benzene rings is 1. The van der Waals surface area contributed by atoms with Crippen LogP contribution in [0.1, 0.15) is 38.9 Å². The molecule has 1 aromatic heterocycles. The van der Waals surface area contributed by atoms with Gasteiger partial charge in [0.15, 0.2) is 5.78 Å². The standard InChI is InChI=1S/C20H22N2O2S2/c1-2-14-5-3-4-6-16(14)21-8-10-22(11-9-21)19(24)18-13-15-17(23)7-12-25-20(15)26-18/h3-6,13H,2,7-12H2,1H3. The first kappa shape index (κ1) is 17.6. The Hall–Kier alpha value is -1.79. The van der Waals surface area contributed by atoms with E-state index in [0.29, 0.717) is 11.3 Å². The normalized spacial score (nSPS) is 17.3. The van der Waals surface area contributed by atoms with Crippen LogP contribution in [0.25, 0.3) is 0 Å². The third-order valence-electron chi connectivity index (χ3n) is 5.05. The summed E-state index contributed by atoms with van der Waals surface area (Å²) in [5, 5.41) is 0. The molecule has 1 aromatic carbocycles. The van der Waals surface area contributed by atoms with E-state index in [2.05, 4.69) is 36.1 Å². The van der Waals surface area contributed by atoms with E-state index in [0.717, 1.165) is 48.1 Å². The van der Waals surface area contributed by atoms with Gasteiger partial charge in [0.2, 0.25) is 0 Å². The van der Waals surface area contributed by atoms with Crippen LogP contribution in [0, 0.1) is 0 Å². The number of nitrogens with zero attached hydrogens (tertiary/aromatic N) is 2. The van der Waals surface area contributed by atoms with Gasteiger partial charge in [-0.15, -0.1) is 23.1 Å². The minimum absolute atomic E-state index is 0.0706. The van der Waals surface area contributed by atoms with E-state index in [1.807, 2.05) is 11.0 Å². The molecule has 2 aliphatic rings. The summed E-state index contributed by atoms with van der Waals surface area (Å²) in [7, 11) is 0. The number of ketones is 1. The number of hydrogen-bond acceptors (Lipinski definition) is 5. The zero-order valence-corrected chi connectivity index (χ0v) is 16.5. The summed E-state index contributed by atoms with van der Waals surface area (Å²) in [5.74, 6) is 1.08. The summed E-state index contributed by atoms with van der Waals surface area (Å²) in [4.78, 5) is 29.9. The lowest BCUT2D eigenvalue weighted by atomic mass is 10.1. The van der Waals surface area contributed by atoms with Crippen molar-refractivity contribution in [1.82, 2.24) is 4.90 Å². The summed E-state index contributed by atoms with van der Waals surface area (Å²) in [6.45, 7) is 5.32. The topological polar surface area (TPSA) is 40.6 Å². The summed E-state index contributed by atoms with van der Waals surface area (Å²) in [5.41, 5.74) is 3.40. The molecule has 4 rings (SSSR count). The molecule has 4 nitrogen and oxygen atoms in total. The minimum Gasteiger partial charge on any atom is -0.368 e. The molecule has 1 amide bonds. The van der Waals surface area contributed by atoms with Crippen molar-refractivity contribution in [2.24, 2.45) is 0 Å². The third kappa shape index (κ3) is 3.28. The number of rotatable bonds is 3. The number of carbonyl (C=O) groups excluding carboxylic acids is 2. The highest BCUT2D eigenvalue weighted by Gasteiger charge is 2.28. The Morgan fingerprint density at radius 3 is 2.65 bits per heavy atom. The first-order valence-electron chi connectivity index (χ1n) is 9.09. The van der Waals surface area contributed by atoms with Crippen LogP contribution in [0.2, 0.25) is 0 Å². The zero-order valence-electron chi connectivity index (χ0n) is 14.9. The van der Waals surface area contributed by atoms with Crippen molar-refractivity contribution in [2.75, 3.05) is 36.8 Å². The molecule has 0 radical (unpaired) electrons. The second-order valence-corrected chi connectivity index (χ2v) is 9.01. The van der Waals surface area contributed by atoms with E-state index >= 15 is 0 Å². The lowest BCUT2D eigenvalue weighted by molar-refractivity contribution is 0.0751. The molecule has 0 saturated carbocycles. The number of Topliss-reactive ketones (excluding diaryl/α,β-unsaturated/α-hetero) is 1. The highest BCUT2D eigenvalue weighted by atomic mass is 32.2. The van der Waals surface area contributed by atoms with Crippen molar-refractivity contribution in [3.05, 3.63) is 46.3 Å². The molecule has 2 aliphatic heterocycles. The number of amides is 1. The average molecular weight is 387 g/mol. The highest BCUT2D eigenvalue weighted by molar-refractivity contribution is 8.01. The summed E-state index contributed by atoms with van der Waals surface area (Å²) >= 11 is 3.18. The zero-order chi connectivity index (χ0) is 18.1. The van der Waals surface area contributed by atoms with Crippen molar-refractivity contribution in [3.63, 3.8) is 0 Å². The number of piperazine rings is 1. The molecule has 1 saturated heterocycles. The number of thiophene rings is 1. The average Bonchev–Trinajstić information content (AvgIpc) is 3.13. The number of hydrogen-bond donors (Lipinski definition) is 0. The van der Waals surface area contributed by atoms with Gasteiger partial charge in [-0.25, -0.2) is 0 Å². The number of para-hydroxylation sites is 1. The van der Waals surface area contributed by atoms with Gasteiger partial charge in [-0.3, -0.25) is 9.59 Å². The van der Waals surface area contributed by atoms with E-state index in [9.17, 15) is 9.59 Å². The van der Waals surface area contributed by atoms with Gasteiger partial charge < -0.3 is 9.80 Å². The molecule has 0 aliphatic carbocycles. The number of anilines is 1. The maximum Gasteiger partial charge on any atom is 0.264 e. The smallest absolute Gasteiger partial charge is 0.264 e.